The summed E-state index contributed by atoms with van der Waals surface area (Å²) in [7, 11) is 0. The molecule has 0 aromatic heterocycles. The largest absolute Gasteiger partial charge is 0.446 e. The lowest BCUT2D eigenvalue weighted by Crippen LogP contribution is -2.61. The molecule has 52 heavy (non-hydrogen) atoms. The highest BCUT2D eigenvalue weighted by atomic mass is 19.4. The van der Waals surface area contributed by atoms with E-state index in [9.17, 15) is 27.9 Å². The minimum atomic E-state index is -4.25. The van der Waals surface area contributed by atoms with Gasteiger partial charge in [-0.1, -0.05) is 67.7 Å². The molecule has 3 aliphatic carbocycles. The lowest BCUT2D eigenvalue weighted by molar-refractivity contribution is -0.178. The fraction of sp³-hybridized carbons (Fsp3) is 0.950. The number of carbonyl (C=O) groups excluding carboxylic acids is 2. The number of amides is 2. The quantitative estimate of drug-likeness (QED) is 0.208. The maximum Gasteiger partial charge on any atom is 0.407 e. The van der Waals surface area contributed by atoms with Crippen LogP contribution in [0.25, 0.3) is 0 Å². The molecule has 0 radical (unpaired) electrons. The number of hydrogen-bond acceptors (Lipinski definition) is 7. The van der Waals surface area contributed by atoms with Crippen LogP contribution in [0.3, 0.4) is 0 Å². The number of likely N-dealkylation sites (tertiary alicyclic amines) is 1. The third-order valence-electron chi connectivity index (χ3n) is 14.7. The molecule has 11 atom stereocenters. The molecular formula is C40H68F3N3O6. The van der Waals surface area contributed by atoms with Crippen LogP contribution >= 0.6 is 0 Å². The van der Waals surface area contributed by atoms with Crippen LogP contribution in [-0.4, -0.2) is 91.1 Å². The predicted octanol–water partition coefficient (Wildman–Crippen LogP) is 8.08. The second kappa shape index (κ2) is 16.1. The van der Waals surface area contributed by atoms with Crippen molar-refractivity contribution in [2.24, 2.45) is 45.8 Å². The van der Waals surface area contributed by atoms with Gasteiger partial charge in [0, 0.05) is 30.5 Å². The van der Waals surface area contributed by atoms with Crippen LogP contribution in [-0.2, 0) is 14.2 Å². The normalized spacial score (nSPS) is 38.9. The van der Waals surface area contributed by atoms with E-state index in [0.29, 0.717) is 24.3 Å². The first-order chi connectivity index (χ1) is 24.3. The Balaban J connectivity index is 1.26. The summed E-state index contributed by atoms with van der Waals surface area (Å²) in [5, 5.41) is 18.0. The van der Waals surface area contributed by atoms with Gasteiger partial charge in [0.25, 0.3) is 0 Å². The first-order valence-electron chi connectivity index (χ1n) is 20.4. The number of nitrogens with one attached hydrogen (secondary N) is 2. The van der Waals surface area contributed by atoms with Gasteiger partial charge in [0.2, 0.25) is 0 Å². The Morgan fingerprint density at radius 1 is 0.981 bits per heavy atom. The Bertz CT molecular complexity index is 1230. The molecule has 2 aliphatic heterocycles. The third-order valence-corrected chi connectivity index (χ3v) is 14.7. The van der Waals surface area contributed by atoms with Crippen LogP contribution < -0.4 is 10.6 Å². The topological polar surface area (TPSA) is 109 Å². The zero-order valence-corrected chi connectivity index (χ0v) is 33.0. The van der Waals surface area contributed by atoms with Crippen molar-refractivity contribution < 1.29 is 42.1 Å². The molecule has 5 aliphatic rings. The number of rotatable bonds is 10. The SMILES string of the molecule is CCNC(=O)OC(C(C)C)C1CC(C)C2C(O1)C(O)C1(C)C(CCC3CCCCCC(OC(=O)NC4CN(CC(F)(F)F)C4)C3(C)C)CCCC21C. The first-order valence-corrected chi connectivity index (χ1v) is 20.4. The maximum absolute atomic E-state index is 13.0. The van der Waals surface area contributed by atoms with Gasteiger partial charge in [0.05, 0.1) is 30.9 Å². The summed E-state index contributed by atoms with van der Waals surface area (Å²) in [5.74, 6) is 1.18. The number of aliphatic hydroxyl groups is 1. The van der Waals surface area contributed by atoms with Crippen molar-refractivity contribution in [3.8, 4) is 0 Å². The average Bonchev–Trinajstić information content (AvgIpc) is 3.20. The molecule has 12 heteroatoms. The summed E-state index contributed by atoms with van der Waals surface area (Å²) in [6, 6.07) is -0.337. The van der Waals surface area contributed by atoms with Crippen LogP contribution in [0.5, 0.6) is 0 Å². The molecule has 2 heterocycles. The van der Waals surface area contributed by atoms with Crippen LogP contribution in [0, 0.1) is 45.8 Å². The molecule has 0 aromatic carbocycles. The Kier molecular flexibility index (Phi) is 12.8. The summed E-state index contributed by atoms with van der Waals surface area (Å²) in [6.45, 7) is 17.3. The van der Waals surface area contributed by atoms with Crippen molar-refractivity contribution in [1.82, 2.24) is 15.5 Å². The highest BCUT2D eigenvalue weighted by Gasteiger charge is 2.70. The molecular weight excluding hydrogens is 675 g/mol. The van der Waals surface area contributed by atoms with Gasteiger partial charge in [-0.3, -0.25) is 4.90 Å². The standard InChI is InChI=1S/C40H68F3N3O6/c1-9-44-35(48)52-32(24(2)3)29-20-25(4)31-33(50-29)34(47)39(8)27(15-13-19-38(31,39)7)18-17-26-14-11-10-12-16-30(37(26,5)6)51-36(49)45-28-21-46(22-28)23-40(41,42)43/h24-34,47H,9-23H2,1-8H3,(H,44,48)(H,45,49). The monoisotopic (exact) mass is 744 g/mol. The molecule has 11 unspecified atom stereocenters. The zero-order chi connectivity index (χ0) is 38.2. The van der Waals surface area contributed by atoms with Gasteiger partial charge in [0.1, 0.15) is 12.2 Å². The second-order valence-corrected chi connectivity index (χ2v) is 18.5. The van der Waals surface area contributed by atoms with E-state index in [2.05, 4.69) is 59.1 Å². The van der Waals surface area contributed by atoms with Gasteiger partial charge in [-0.25, -0.2) is 9.59 Å². The fourth-order valence-corrected chi connectivity index (χ4v) is 11.7. The number of halogens is 3. The molecule has 2 saturated heterocycles. The molecule has 0 aromatic rings. The Morgan fingerprint density at radius 2 is 1.63 bits per heavy atom. The minimum absolute atomic E-state index is 0.0638. The molecule has 5 rings (SSSR count). The number of alkyl halides is 3. The summed E-state index contributed by atoms with van der Waals surface area (Å²) in [5.41, 5.74) is -0.737. The van der Waals surface area contributed by atoms with Crippen molar-refractivity contribution in [2.45, 2.75) is 169 Å². The van der Waals surface area contributed by atoms with E-state index >= 15 is 0 Å². The van der Waals surface area contributed by atoms with Crippen molar-refractivity contribution in [2.75, 3.05) is 26.2 Å². The minimum Gasteiger partial charge on any atom is -0.446 e. The van der Waals surface area contributed by atoms with Crippen molar-refractivity contribution in [3.63, 3.8) is 0 Å². The van der Waals surface area contributed by atoms with E-state index in [4.69, 9.17) is 14.2 Å². The number of ether oxygens (including phenoxy) is 3. The fourth-order valence-electron chi connectivity index (χ4n) is 11.7. The number of fused-ring (bicyclic) bond motifs is 3. The van der Waals surface area contributed by atoms with E-state index in [1.54, 1.807) is 0 Å². The van der Waals surface area contributed by atoms with Gasteiger partial charge in [0.15, 0.2) is 0 Å². The van der Waals surface area contributed by atoms with Crippen molar-refractivity contribution in [3.05, 3.63) is 0 Å². The summed E-state index contributed by atoms with van der Waals surface area (Å²) in [4.78, 5) is 26.8. The highest BCUT2D eigenvalue weighted by molar-refractivity contribution is 5.68. The lowest BCUT2D eigenvalue weighted by atomic mass is 9.50. The molecule has 5 fully saturated rings. The Hall–Kier alpha value is -1.79. The number of aliphatic hydroxyl groups excluding tert-OH is 1. The van der Waals surface area contributed by atoms with Crippen molar-refractivity contribution in [1.29, 1.82) is 0 Å². The van der Waals surface area contributed by atoms with E-state index in [0.717, 1.165) is 70.6 Å². The first kappa shape index (κ1) is 41.4. The maximum atomic E-state index is 13.0. The average molecular weight is 744 g/mol. The second-order valence-electron chi connectivity index (χ2n) is 18.5. The summed E-state index contributed by atoms with van der Waals surface area (Å²) >= 11 is 0. The van der Waals surface area contributed by atoms with Gasteiger partial charge in [-0.05, 0) is 93.3 Å². The van der Waals surface area contributed by atoms with Crippen LogP contribution in [0.4, 0.5) is 22.8 Å². The molecule has 300 valence electrons. The summed E-state index contributed by atoms with van der Waals surface area (Å²) in [6.07, 6.45) is 3.74. The summed E-state index contributed by atoms with van der Waals surface area (Å²) < 4.78 is 57.1. The van der Waals surface area contributed by atoms with Crippen LogP contribution in [0.1, 0.15) is 126 Å². The highest BCUT2D eigenvalue weighted by Crippen LogP contribution is 2.69. The zero-order valence-electron chi connectivity index (χ0n) is 33.0. The van der Waals surface area contributed by atoms with Gasteiger partial charge < -0.3 is 30.0 Å². The third kappa shape index (κ3) is 8.38. The van der Waals surface area contributed by atoms with Gasteiger partial charge in [-0.15, -0.1) is 0 Å². The molecule has 3 N–H and O–H groups in total. The van der Waals surface area contributed by atoms with Gasteiger partial charge in [-0.2, -0.15) is 13.2 Å². The van der Waals surface area contributed by atoms with Crippen LogP contribution in [0.15, 0.2) is 0 Å². The number of alkyl carbamates (subject to hydrolysis) is 2. The van der Waals surface area contributed by atoms with E-state index < -0.39 is 37.1 Å². The van der Waals surface area contributed by atoms with E-state index in [1.807, 2.05) is 6.92 Å². The van der Waals surface area contributed by atoms with Crippen molar-refractivity contribution >= 4 is 12.2 Å². The molecule has 2 amide bonds. The Morgan fingerprint density at radius 3 is 2.29 bits per heavy atom. The lowest BCUT2D eigenvalue weighted by Gasteiger charge is -2.55. The molecule has 0 spiro atoms. The molecule has 9 nitrogen and oxygen atoms in total. The van der Waals surface area contributed by atoms with Gasteiger partial charge >= 0.3 is 18.4 Å². The number of hydrogen-bond donors (Lipinski definition) is 3. The smallest absolute Gasteiger partial charge is 0.407 e. The number of nitrogens with zero attached hydrogens (tertiary/aromatic N) is 1. The molecule has 3 saturated carbocycles. The van der Waals surface area contributed by atoms with E-state index in [1.165, 1.54) is 4.90 Å². The predicted molar refractivity (Wildman–Crippen MR) is 194 cm³/mol. The number of carbonyl (C=O) groups is 2. The van der Waals surface area contributed by atoms with Crippen LogP contribution in [0.2, 0.25) is 0 Å². The van der Waals surface area contributed by atoms with E-state index in [-0.39, 0.29) is 65.5 Å². The molecule has 0 bridgehead atoms. The Labute approximate surface area is 310 Å².